The minimum absolute atomic E-state index is 0.124. The van der Waals surface area contributed by atoms with Gasteiger partial charge >= 0.3 is 5.97 Å². The molecule has 0 aliphatic carbocycles. The van der Waals surface area contributed by atoms with Gasteiger partial charge < -0.3 is 10.1 Å². The van der Waals surface area contributed by atoms with Gasteiger partial charge in [-0.25, -0.2) is 0 Å². The van der Waals surface area contributed by atoms with Gasteiger partial charge in [-0.15, -0.1) is 10.2 Å². The van der Waals surface area contributed by atoms with Crippen LogP contribution in [-0.2, 0) is 9.53 Å². The van der Waals surface area contributed by atoms with Gasteiger partial charge in [-0.05, 0) is 19.8 Å². The fourth-order valence-electron chi connectivity index (χ4n) is 1.18. The van der Waals surface area contributed by atoms with E-state index in [0.717, 1.165) is 34.6 Å². The minimum Gasteiger partial charge on any atom is -0.466 e. The lowest BCUT2D eigenvalue weighted by atomic mass is 10.3. The third-order valence-corrected chi connectivity index (χ3v) is 4.09. The van der Waals surface area contributed by atoms with E-state index in [2.05, 4.69) is 22.4 Å². The van der Waals surface area contributed by atoms with Gasteiger partial charge in [-0.2, -0.15) is 0 Å². The Morgan fingerprint density at radius 1 is 1.44 bits per heavy atom. The van der Waals surface area contributed by atoms with Crippen LogP contribution in [0.5, 0.6) is 0 Å². The van der Waals surface area contributed by atoms with Crippen molar-refractivity contribution in [3.05, 3.63) is 0 Å². The van der Waals surface area contributed by atoms with E-state index in [4.69, 9.17) is 4.74 Å². The summed E-state index contributed by atoms with van der Waals surface area (Å²) in [7, 11) is 0. The SMILES string of the molecule is CCCNc1nnc(SCCCC(=O)OCC)s1. The molecule has 0 fully saturated rings. The van der Waals surface area contributed by atoms with Gasteiger partial charge in [0.1, 0.15) is 0 Å². The molecule has 1 N–H and O–H groups in total. The predicted octanol–water partition coefficient (Wildman–Crippen LogP) is 2.80. The topological polar surface area (TPSA) is 64.1 Å². The summed E-state index contributed by atoms with van der Waals surface area (Å²) < 4.78 is 5.80. The molecule has 5 nitrogen and oxygen atoms in total. The molecule has 1 aromatic rings. The van der Waals surface area contributed by atoms with Gasteiger partial charge in [-0.3, -0.25) is 4.79 Å². The zero-order chi connectivity index (χ0) is 13.2. The summed E-state index contributed by atoms with van der Waals surface area (Å²) in [6.07, 6.45) is 2.35. The highest BCUT2D eigenvalue weighted by Crippen LogP contribution is 2.26. The molecule has 1 heterocycles. The summed E-state index contributed by atoms with van der Waals surface area (Å²) in [5.74, 6) is 0.738. The molecule has 0 atom stereocenters. The molecule has 0 saturated heterocycles. The highest BCUT2D eigenvalue weighted by Gasteiger charge is 2.05. The van der Waals surface area contributed by atoms with Crippen molar-refractivity contribution in [3.63, 3.8) is 0 Å². The Labute approximate surface area is 116 Å². The van der Waals surface area contributed by atoms with Gasteiger partial charge in [0, 0.05) is 18.7 Å². The molecule has 0 bridgehead atoms. The largest absolute Gasteiger partial charge is 0.466 e. The Balaban J connectivity index is 2.15. The van der Waals surface area contributed by atoms with E-state index in [0.29, 0.717) is 13.0 Å². The molecule has 0 saturated carbocycles. The Morgan fingerprint density at radius 2 is 2.28 bits per heavy atom. The third-order valence-electron chi connectivity index (χ3n) is 1.99. The lowest BCUT2D eigenvalue weighted by Gasteiger charge is -2.00. The molecule has 102 valence electrons. The number of anilines is 1. The summed E-state index contributed by atoms with van der Waals surface area (Å²) in [4.78, 5) is 11.1. The molecular weight excluding hydrogens is 270 g/mol. The molecule has 0 aromatic carbocycles. The second-order valence-corrected chi connectivity index (χ2v) is 5.88. The van der Waals surface area contributed by atoms with Crippen molar-refractivity contribution in [1.29, 1.82) is 0 Å². The van der Waals surface area contributed by atoms with Crippen molar-refractivity contribution in [2.75, 3.05) is 24.2 Å². The molecule has 0 aliphatic rings. The molecule has 0 spiro atoms. The van der Waals surface area contributed by atoms with E-state index in [1.807, 2.05) is 6.92 Å². The standard InChI is InChI=1S/C11H19N3O2S2/c1-3-7-12-10-13-14-11(18-10)17-8-5-6-9(15)16-4-2/h3-8H2,1-2H3,(H,12,13). The van der Waals surface area contributed by atoms with Crippen LogP contribution < -0.4 is 5.32 Å². The zero-order valence-corrected chi connectivity index (χ0v) is 12.4. The van der Waals surface area contributed by atoms with Gasteiger partial charge in [0.05, 0.1) is 6.61 Å². The minimum atomic E-state index is -0.124. The molecular formula is C11H19N3O2S2. The summed E-state index contributed by atoms with van der Waals surface area (Å²) in [5.41, 5.74) is 0. The second-order valence-electron chi connectivity index (χ2n) is 3.56. The molecule has 7 heteroatoms. The number of carbonyl (C=O) groups is 1. The van der Waals surface area contributed by atoms with Gasteiger partial charge in [0.15, 0.2) is 4.34 Å². The van der Waals surface area contributed by atoms with E-state index in [-0.39, 0.29) is 5.97 Å². The molecule has 0 radical (unpaired) electrons. The number of nitrogens with one attached hydrogen (secondary N) is 1. The second kappa shape index (κ2) is 9.16. The molecule has 1 aromatic heterocycles. The van der Waals surface area contributed by atoms with Crippen molar-refractivity contribution in [2.24, 2.45) is 0 Å². The van der Waals surface area contributed by atoms with Gasteiger partial charge in [0.2, 0.25) is 5.13 Å². The van der Waals surface area contributed by atoms with Crippen LogP contribution in [-0.4, -0.2) is 35.1 Å². The molecule has 0 aliphatic heterocycles. The van der Waals surface area contributed by atoms with E-state index in [1.165, 1.54) is 0 Å². The number of nitrogens with zero attached hydrogens (tertiary/aromatic N) is 2. The number of esters is 1. The van der Waals surface area contributed by atoms with Crippen LogP contribution in [0, 0.1) is 0 Å². The van der Waals surface area contributed by atoms with Crippen molar-refractivity contribution >= 4 is 34.2 Å². The number of rotatable bonds is 9. The summed E-state index contributed by atoms with van der Waals surface area (Å²) in [6, 6.07) is 0. The van der Waals surface area contributed by atoms with Crippen molar-refractivity contribution < 1.29 is 9.53 Å². The number of hydrogen-bond donors (Lipinski definition) is 1. The molecule has 18 heavy (non-hydrogen) atoms. The van der Waals surface area contributed by atoms with Gasteiger partial charge in [-0.1, -0.05) is 30.0 Å². The highest BCUT2D eigenvalue weighted by atomic mass is 32.2. The van der Waals surface area contributed by atoms with Crippen LogP contribution in [0.1, 0.15) is 33.1 Å². The van der Waals surface area contributed by atoms with E-state index >= 15 is 0 Å². The molecule has 0 unspecified atom stereocenters. The maximum Gasteiger partial charge on any atom is 0.305 e. The highest BCUT2D eigenvalue weighted by molar-refractivity contribution is 8.01. The van der Waals surface area contributed by atoms with Crippen LogP contribution in [0.3, 0.4) is 0 Å². The zero-order valence-electron chi connectivity index (χ0n) is 10.8. The first kappa shape index (κ1) is 15.2. The Kier molecular flexibility index (Phi) is 7.75. The number of carbonyl (C=O) groups excluding carboxylic acids is 1. The normalized spacial score (nSPS) is 10.3. The number of thioether (sulfide) groups is 1. The number of aromatic nitrogens is 2. The van der Waals surface area contributed by atoms with Crippen molar-refractivity contribution in [2.45, 2.75) is 37.4 Å². The molecule has 1 rings (SSSR count). The van der Waals surface area contributed by atoms with E-state index in [9.17, 15) is 4.79 Å². The Morgan fingerprint density at radius 3 is 3.00 bits per heavy atom. The van der Waals surface area contributed by atoms with Crippen LogP contribution in [0.15, 0.2) is 4.34 Å². The van der Waals surface area contributed by atoms with Crippen LogP contribution in [0.25, 0.3) is 0 Å². The predicted molar refractivity (Wildman–Crippen MR) is 75.3 cm³/mol. The maximum absolute atomic E-state index is 11.1. The third kappa shape index (κ3) is 6.20. The lowest BCUT2D eigenvalue weighted by molar-refractivity contribution is -0.143. The van der Waals surface area contributed by atoms with E-state index < -0.39 is 0 Å². The Bertz CT molecular complexity index is 358. The number of ether oxygens (including phenoxy) is 1. The van der Waals surface area contributed by atoms with Gasteiger partial charge in [0.25, 0.3) is 0 Å². The molecule has 0 amide bonds. The monoisotopic (exact) mass is 289 g/mol. The van der Waals surface area contributed by atoms with Crippen molar-refractivity contribution in [3.8, 4) is 0 Å². The first-order valence-electron chi connectivity index (χ1n) is 6.12. The maximum atomic E-state index is 11.1. The van der Waals surface area contributed by atoms with Crippen molar-refractivity contribution in [1.82, 2.24) is 10.2 Å². The van der Waals surface area contributed by atoms with Crippen LogP contribution >= 0.6 is 23.1 Å². The lowest BCUT2D eigenvalue weighted by Crippen LogP contribution is -2.03. The summed E-state index contributed by atoms with van der Waals surface area (Å²) in [5, 5.41) is 12.2. The average Bonchev–Trinajstić information content (AvgIpc) is 2.80. The first-order chi connectivity index (χ1) is 8.76. The van der Waals surface area contributed by atoms with E-state index in [1.54, 1.807) is 23.1 Å². The fourth-order valence-corrected chi connectivity index (χ4v) is 2.97. The first-order valence-corrected chi connectivity index (χ1v) is 7.92. The summed E-state index contributed by atoms with van der Waals surface area (Å²) >= 11 is 3.19. The summed E-state index contributed by atoms with van der Waals surface area (Å²) in [6.45, 7) is 5.30. The average molecular weight is 289 g/mol. The number of hydrogen-bond acceptors (Lipinski definition) is 7. The fraction of sp³-hybridized carbons (Fsp3) is 0.727. The van der Waals surface area contributed by atoms with Crippen LogP contribution in [0.4, 0.5) is 5.13 Å². The quantitative estimate of drug-likeness (QED) is 0.428. The van der Waals surface area contributed by atoms with Crippen LogP contribution in [0.2, 0.25) is 0 Å². The smallest absolute Gasteiger partial charge is 0.305 e. The Hall–Kier alpha value is -0.820.